The third-order valence-corrected chi connectivity index (χ3v) is 11.5. The molecule has 10 nitrogen and oxygen atoms in total. The largest absolute Gasteiger partial charge is 0.451 e. The lowest BCUT2D eigenvalue weighted by atomic mass is 9.97. The molecule has 11 heteroatoms. The van der Waals surface area contributed by atoms with Crippen LogP contribution in [0.3, 0.4) is 0 Å². The highest BCUT2D eigenvalue weighted by Gasteiger charge is 2.56. The fourth-order valence-corrected chi connectivity index (χ4v) is 8.46. The van der Waals surface area contributed by atoms with Crippen LogP contribution in [0.1, 0.15) is 64.1 Å². The first kappa shape index (κ1) is 39.8. The van der Waals surface area contributed by atoms with E-state index in [4.69, 9.17) is 9.47 Å². The number of nitrogens with one attached hydrogen (secondary N) is 2. The van der Waals surface area contributed by atoms with Gasteiger partial charge in [0.25, 0.3) is 5.91 Å². The van der Waals surface area contributed by atoms with Crippen molar-refractivity contribution < 1.29 is 33.4 Å². The molecule has 5 aromatic rings. The summed E-state index contributed by atoms with van der Waals surface area (Å²) >= 11 is 1.42. The number of nitrogens with zero attached hydrogens (tertiary/aromatic N) is 1. The van der Waals surface area contributed by atoms with Crippen molar-refractivity contribution in [1.29, 1.82) is 0 Å². The molecule has 5 aromatic carbocycles. The van der Waals surface area contributed by atoms with Crippen molar-refractivity contribution in [2.24, 2.45) is 0 Å². The molecule has 2 N–H and O–H groups in total. The van der Waals surface area contributed by atoms with Gasteiger partial charge in [0.2, 0.25) is 11.8 Å². The maximum Gasteiger partial charge on any atom is 0.334 e. The van der Waals surface area contributed by atoms with Gasteiger partial charge in [0.15, 0.2) is 18.2 Å². The molecule has 0 radical (unpaired) electrons. The van der Waals surface area contributed by atoms with Gasteiger partial charge in [0.1, 0.15) is 17.5 Å². The Morgan fingerprint density at radius 2 is 1.16 bits per heavy atom. The van der Waals surface area contributed by atoms with E-state index in [1.165, 1.54) is 16.7 Å². The Balaban J connectivity index is 0.991. The van der Waals surface area contributed by atoms with Crippen molar-refractivity contribution in [1.82, 2.24) is 15.5 Å². The zero-order chi connectivity index (χ0) is 40.4. The summed E-state index contributed by atoms with van der Waals surface area (Å²) in [7, 11) is 0. The van der Waals surface area contributed by atoms with Crippen LogP contribution in [-0.4, -0.2) is 63.8 Å². The molecule has 0 saturated carbocycles. The summed E-state index contributed by atoms with van der Waals surface area (Å²) in [6, 6.07) is 43.1. The minimum Gasteiger partial charge on any atom is -0.451 e. The molecule has 294 valence electrons. The van der Waals surface area contributed by atoms with Crippen molar-refractivity contribution in [2.45, 2.75) is 55.0 Å². The van der Waals surface area contributed by atoms with Crippen molar-refractivity contribution in [2.75, 3.05) is 5.75 Å². The van der Waals surface area contributed by atoms with E-state index in [1.807, 2.05) is 121 Å². The van der Waals surface area contributed by atoms with E-state index in [-0.39, 0.29) is 19.3 Å². The number of benzene rings is 5. The molecule has 7 rings (SSSR count). The smallest absolute Gasteiger partial charge is 0.334 e. The summed E-state index contributed by atoms with van der Waals surface area (Å²) in [6.07, 6.45) is -1.14. The Labute approximate surface area is 341 Å². The molecule has 2 saturated heterocycles. The van der Waals surface area contributed by atoms with Gasteiger partial charge in [-0.3, -0.25) is 14.4 Å². The summed E-state index contributed by atoms with van der Waals surface area (Å²) in [6.45, 7) is 4.10. The molecule has 0 aromatic heterocycles. The van der Waals surface area contributed by atoms with Gasteiger partial charge in [-0.15, -0.1) is 11.8 Å². The quantitative estimate of drug-likeness (QED) is 0.0663. The first-order chi connectivity index (χ1) is 28.3. The number of β-lactam (4-membered cyclic amide) rings is 1. The SMILES string of the molecule is C=C1CS[C@@H]2C(NC(=O)CCCC(NC(=O)c3ccccc3)C(=O)OC(c3ccccc3)c3ccccc3)C(=O)N2C1C(=O)OC(c1ccccc1)c1ccccc1. The topological polar surface area (TPSA) is 131 Å². The number of esters is 2. The molecular weight excluding hydrogens is 751 g/mol. The van der Waals surface area contributed by atoms with E-state index < -0.39 is 65.4 Å². The number of amides is 3. The normalized spacial score (nSPS) is 17.8. The summed E-state index contributed by atoms with van der Waals surface area (Å²) in [5, 5.41) is 5.16. The van der Waals surface area contributed by atoms with Crippen LogP contribution in [-0.2, 0) is 28.7 Å². The Hall–Kier alpha value is -6.46. The number of rotatable bonds is 15. The van der Waals surface area contributed by atoms with Gasteiger partial charge < -0.3 is 25.0 Å². The fraction of sp³-hybridized carbons (Fsp3) is 0.213. The molecule has 0 spiro atoms. The molecule has 2 aliphatic heterocycles. The van der Waals surface area contributed by atoms with Crippen molar-refractivity contribution in [3.8, 4) is 0 Å². The van der Waals surface area contributed by atoms with Crippen molar-refractivity contribution in [3.63, 3.8) is 0 Å². The number of carbonyl (C=O) groups is 5. The Bertz CT molecular complexity index is 2150. The van der Waals surface area contributed by atoms with Crippen molar-refractivity contribution in [3.05, 3.63) is 192 Å². The molecule has 0 aliphatic carbocycles. The van der Waals surface area contributed by atoms with Gasteiger partial charge in [0, 0.05) is 17.7 Å². The number of thioether (sulfide) groups is 1. The monoisotopic (exact) mass is 793 g/mol. The van der Waals surface area contributed by atoms with Crippen LogP contribution in [0.5, 0.6) is 0 Å². The molecule has 2 heterocycles. The Morgan fingerprint density at radius 3 is 1.66 bits per heavy atom. The van der Waals surface area contributed by atoms with Crippen LogP contribution in [0.25, 0.3) is 0 Å². The molecule has 2 fully saturated rings. The first-order valence-corrected chi connectivity index (χ1v) is 20.2. The predicted molar refractivity (Wildman–Crippen MR) is 221 cm³/mol. The van der Waals surface area contributed by atoms with E-state index in [2.05, 4.69) is 17.2 Å². The van der Waals surface area contributed by atoms with Gasteiger partial charge in [-0.05, 0) is 52.8 Å². The van der Waals surface area contributed by atoms with E-state index in [0.29, 0.717) is 16.9 Å². The third-order valence-electron chi connectivity index (χ3n) is 10.1. The molecular formula is C47H43N3O7S. The van der Waals surface area contributed by atoms with Crippen LogP contribution in [0, 0.1) is 0 Å². The molecule has 0 bridgehead atoms. The maximum atomic E-state index is 13.9. The predicted octanol–water partition coefficient (Wildman–Crippen LogP) is 6.95. The van der Waals surface area contributed by atoms with Gasteiger partial charge in [-0.25, -0.2) is 9.59 Å². The van der Waals surface area contributed by atoms with Gasteiger partial charge in [0.05, 0.1) is 0 Å². The van der Waals surface area contributed by atoms with Gasteiger partial charge in [-0.2, -0.15) is 0 Å². The van der Waals surface area contributed by atoms with Gasteiger partial charge in [-0.1, -0.05) is 146 Å². The molecule has 58 heavy (non-hydrogen) atoms. The highest BCUT2D eigenvalue weighted by molar-refractivity contribution is 8.00. The highest BCUT2D eigenvalue weighted by atomic mass is 32.2. The first-order valence-electron chi connectivity index (χ1n) is 19.2. The zero-order valence-electron chi connectivity index (χ0n) is 31.6. The third kappa shape index (κ3) is 9.22. The second-order valence-corrected chi connectivity index (χ2v) is 15.2. The molecule has 4 atom stereocenters. The lowest BCUT2D eigenvalue weighted by molar-refractivity contribution is -0.165. The average molecular weight is 794 g/mol. The van der Waals surface area contributed by atoms with E-state index in [9.17, 15) is 24.0 Å². The highest BCUT2D eigenvalue weighted by Crippen LogP contribution is 2.41. The summed E-state index contributed by atoms with van der Waals surface area (Å²) in [4.78, 5) is 69.4. The van der Waals surface area contributed by atoms with E-state index in [1.54, 1.807) is 30.3 Å². The van der Waals surface area contributed by atoms with Crippen LogP contribution in [0.4, 0.5) is 0 Å². The number of hydrogen-bond acceptors (Lipinski definition) is 8. The molecule has 2 aliphatic rings. The van der Waals surface area contributed by atoms with Crippen LogP contribution in [0.15, 0.2) is 164 Å². The Morgan fingerprint density at radius 1 is 0.690 bits per heavy atom. The minimum atomic E-state index is -1.07. The lowest BCUT2D eigenvalue weighted by Gasteiger charge is -2.52. The van der Waals surface area contributed by atoms with Gasteiger partial charge >= 0.3 is 11.9 Å². The lowest BCUT2D eigenvalue weighted by Crippen LogP contribution is -2.74. The average Bonchev–Trinajstić information content (AvgIpc) is 3.27. The summed E-state index contributed by atoms with van der Waals surface area (Å²) in [5.74, 6) is -2.10. The van der Waals surface area contributed by atoms with Crippen LogP contribution in [0.2, 0.25) is 0 Å². The van der Waals surface area contributed by atoms with Crippen molar-refractivity contribution >= 4 is 41.4 Å². The number of hydrogen-bond donors (Lipinski definition) is 2. The van der Waals surface area contributed by atoms with E-state index in [0.717, 1.165) is 22.3 Å². The van der Waals surface area contributed by atoms with Crippen LogP contribution >= 0.6 is 11.8 Å². The maximum absolute atomic E-state index is 13.9. The fourth-order valence-electron chi connectivity index (χ4n) is 7.16. The minimum absolute atomic E-state index is 0.0268. The number of carbonyl (C=O) groups excluding carboxylic acids is 5. The molecule has 3 amide bonds. The number of fused-ring (bicyclic) bond motifs is 1. The standard InChI is InChI=1S/C47H43N3O7S/c1-31-30-58-45-39(44(53)50(45)40(31)47(55)57-42(34-22-11-4-12-23-34)35-24-13-5-14-25-35)49-38(51)29-17-28-37(48-43(52)36-26-15-6-16-27-36)46(54)56-41(32-18-7-2-8-19-32)33-20-9-3-10-21-33/h2-16,18-27,37,39-42,45H,1,17,28-30H2,(H,48,52)(H,49,51)/t37?,39?,40?,45-/m1/s1. The summed E-state index contributed by atoms with van der Waals surface area (Å²) in [5.41, 5.74) is 4.02. The van der Waals surface area contributed by atoms with E-state index >= 15 is 0 Å². The summed E-state index contributed by atoms with van der Waals surface area (Å²) < 4.78 is 12.2. The molecule has 3 unspecified atom stereocenters. The van der Waals surface area contributed by atoms with Crippen LogP contribution < -0.4 is 10.6 Å². The number of ether oxygens (including phenoxy) is 2. The second kappa shape index (κ2) is 18.7. The Kier molecular flexibility index (Phi) is 12.8. The second-order valence-electron chi connectivity index (χ2n) is 14.1. The zero-order valence-corrected chi connectivity index (χ0v) is 32.5.